The zero-order chi connectivity index (χ0) is 16.8. The van der Waals surface area contributed by atoms with E-state index in [9.17, 15) is 9.59 Å². The van der Waals surface area contributed by atoms with E-state index in [0.29, 0.717) is 4.88 Å². The standard InChI is InChI=1S/C18H28N2O2S/c1-4-13-7-9-14(10-8-13)19-18(22)16(12(2)3)20-17(21)15-6-5-11-23-15/h5-6,11-14,16H,4,7-10H2,1-3H3,(H,19,22)(H,20,21). The maximum Gasteiger partial charge on any atom is 0.262 e. The lowest BCUT2D eigenvalue weighted by Gasteiger charge is -2.30. The van der Waals surface area contributed by atoms with Gasteiger partial charge in [-0.25, -0.2) is 0 Å². The van der Waals surface area contributed by atoms with Gasteiger partial charge in [-0.05, 0) is 49.0 Å². The smallest absolute Gasteiger partial charge is 0.262 e. The summed E-state index contributed by atoms with van der Waals surface area (Å²) >= 11 is 1.39. The molecule has 2 N–H and O–H groups in total. The van der Waals surface area contributed by atoms with Gasteiger partial charge in [0.25, 0.3) is 5.91 Å². The normalized spacial score (nSPS) is 22.6. The van der Waals surface area contributed by atoms with E-state index in [1.807, 2.05) is 25.3 Å². The van der Waals surface area contributed by atoms with Crippen LogP contribution in [0, 0.1) is 11.8 Å². The number of carbonyl (C=O) groups is 2. The molecule has 1 atom stereocenters. The number of carbonyl (C=O) groups excluding carboxylic acids is 2. The van der Waals surface area contributed by atoms with Gasteiger partial charge >= 0.3 is 0 Å². The van der Waals surface area contributed by atoms with E-state index in [-0.39, 0.29) is 23.8 Å². The second-order valence-electron chi connectivity index (χ2n) is 6.81. The zero-order valence-electron chi connectivity index (χ0n) is 14.3. The van der Waals surface area contributed by atoms with Crippen LogP contribution in [0.4, 0.5) is 0 Å². The van der Waals surface area contributed by atoms with Gasteiger partial charge in [0.15, 0.2) is 0 Å². The third kappa shape index (κ3) is 5.06. The first kappa shape index (κ1) is 18.0. The summed E-state index contributed by atoms with van der Waals surface area (Å²) in [6.45, 7) is 6.17. The summed E-state index contributed by atoms with van der Waals surface area (Å²) in [4.78, 5) is 25.5. The molecule has 0 spiro atoms. The molecule has 128 valence electrons. The predicted octanol–water partition coefficient (Wildman–Crippen LogP) is 3.59. The maximum atomic E-state index is 12.6. The molecule has 1 saturated carbocycles. The predicted molar refractivity (Wildman–Crippen MR) is 94.6 cm³/mol. The molecule has 0 aliphatic heterocycles. The molecule has 0 bridgehead atoms. The summed E-state index contributed by atoms with van der Waals surface area (Å²) < 4.78 is 0. The van der Waals surface area contributed by atoms with Crippen molar-refractivity contribution >= 4 is 23.2 Å². The number of hydrogen-bond donors (Lipinski definition) is 2. The fraction of sp³-hybridized carbons (Fsp3) is 0.667. The molecule has 1 unspecified atom stereocenters. The Balaban J connectivity index is 1.90. The molecule has 1 heterocycles. The fourth-order valence-corrected chi connectivity index (χ4v) is 3.79. The van der Waals surface area contributed by atoms with E-state index in [4.69, 9.17) is 0 Å². The van der Waals surface area contributed by atoms with Crippen molar-refractivity contribution in [3.63, 3.8) is 0 Å². The quantitative estimate of drug-likeness (QED) is 0.834. The molecular weight excluding hydrogens is 308 g/mol. The van der Waals surface area contributed by atoms with Crippen LogP contribution in [0.1, 0.15) is 62.5 Å². The highest BCUT2D eigenvalue weighted by molar-refractivity contribution is 7.12. The second-order valence-corrected chi connectivity index (χ2v) is 7.75. The number of nitrogens with one attached hydrogen (secondary N) is 2. The molecule has 0 radical (unpaired) electrons. The molecular formula is C18H28N2O2S. The molecule has 2 rings (SSSR count). The van der Waals surface area contributed by atoms with E-state index < -0.39 is 6.04 Å². The molecule has 1 aliphatic carbocycles. The van der Waals surface area contributed by atoms with Gasteiger partial charge in [0.1, 0.15) is 6.04 Å². The molecule has 5 heteroatoms. The summed E-state index contributed by atoms with van der Waals surface area (Å²) in [5.74, 6) is 0.655. The van der Waals surface area contributed by atoms with Crippen LogP contribution in [0.2, 0.25) is 0 Å². The van der Waals surface area contributed by atoms with E-state index in [1.165, 1.54) is 30.6 Å². The summed E-state index contributed by atoms with van der Waals surface area (Å²) in [5, 5.41) is 7.90. The van der Waals surface area contributed by atoms with Crippen LogP contribution in [0.3, 0.4) is 0 Å². The van der Waals surface area contributed by atoms with Gasteiger partial charge in [-0.2, -0.15) is 0 Å². The SMILES string of the molecule is CCC1CCC(NC(=O)C(NC(=O)c2cccs2)C(C)C)CC1. The molecule has 1 aromatic rings. The van der Waals surface area contributed by atoms with Gasteiger partial charge in [-0.1, -0.05) is 33.3 Å². The van der Waals surface area contributed by atoms with Crippen molar-refractivity contribution in [2.45, 2.75) is 65.0 Å². The lowest BCUT2D eigenvalue weighted by molar-refractivity contribution is -0.124. The fourth-order valence-electron chi connectivity index (χ4n) is 3.16. The lowest BCUT2D eigenvalue weighted by Crippen LogP contribution is -2.52. The number of amides is 2. The van der Waals surface area contributed by atoms with Gasteiger partial charge in [-0.3, -0.25) is 9.59 Å². The first-order valence-corrected chi connectivity index (χ1v) is 9.54. The first-order valence-electron chi connectivity index (χ1n) is 8.66. The second kappa shape index (κ2) is 8.48. The highest BCUT2D eigenvalue weighted by Crippen LogP contribution is 2.26. The van der Waals surface area contributed by atoms with Crippen molar-refractivity contribution < 1.29 is 9.59 Å². The minimum Gasteiger partial charge on any atom is -0.352 e. The molecule has 2 amide bonds. The minimum atomic E-state index is -0.478. The van der Waals surface area contributed by atoms with Crippen LogP contribution >= 0.6 is 11.3 Å². The molecule has 0 aromatic carbocycles. The van der Waals surface area contributed by atoms with Crippen molar-refractivity contribution in [2.75, 3.05) is 0 Å². The summed E-state index contributed by atoms with van der Waals surface area (Å²) in [6.07, 6.45) is 5.71. The van der Waals surface area contributed by atoms with Crippen LogP contribution in [0.25, 0.3) is 0 Å². The van der Waals surface area contributed by atoms with E-state index in [0.717, 1.165) is 18.8 Å². The summed E-state index contributed by atoms with van der Waals surface area (Å²) in [6, 6.07) is 3.40. The van der Waals surface area contributed by atoms with Gasteiger partial charge in [0.05, 0.1) is 4.88 Å². The van der Waals surface area contributed by atoms with Crippen LogP contribution in [-0.2, 0) is 4.79 Å². The topological polar surface area (TPSA) is 58.2 Å². The van der Waals surface area contributed by atoms with Crippen LogP contribution in [-0.4, -0.2) is 23.9 Å². The summed E-state index contributed by atoms with van der Waals surface area (Å²) in [7, 11) is 0. The average Bonchev–Trinajstić information content (AvgIpc) is 3.07. The van der Waals surface area contributed by atoms with Crippen molar-refractivity contribution in [3.05, 3.63) is 22.4 Å². The Kier molecular flexibility index (Phi) is 6.63. The average molecular weight is 337 g/mol. The van der Waals surface area contributed by atoms with Gasteiger partial charge < -0.3 is 10.6 Å². The van der Waals surface area contributed by atoms with Crippen molar-refractivity contribution in [3.8, 4) is 0 Å². The van der Waals surface area contributed by atoms with Crippen molar-refractivity contribution in [1.82, 2.24) is 10.6 Å². The zero-order valence-corrected chi connectivity index (χ0v) is 15.1. The Labute approximate surface area is 143 Å². The number of hydrogen-bond acceptors (Lipinski definition) is 3. The number of rotatable bonds is 6. The Hall–Kier alpha value is -1.36. The maximum absolute atomic E-state index is 12.6. The van der Waals surface area contributed by atoms with E-state index in [2.05, 4.69) is 17.6 Å². The Morgan fingerprint density at radius 1 is 1.26 bits per heavy atom. The van der Waals surface area contributed by atoms with Crippen LogP contribution < -0.4 is 10.6 Å². The number of thiophene rings is 1. The lowest BCUT2D eigenvalue weighted by atomic mass is 9.84. The monoisotopic (exact) mass is 336 g/mol. The Bertz CT molecular complexity index is 505. The Morgan fingerprint density at radius 3 is 2.48 bits per heavy atom. The molecule has 23 heavy (non-hydrogen) atoms. The molecule has 1 fully saturated rings. The van der Waals surface area contributed by atoms with Crippen LogP contribution in [0.5, 0.6) is 0 Å². The molecule has 0 saturated heterocycles. The van der Waals surface area contributed by atoms with Gasteiger partial charge in [-0.15, -0.1) is 11.3 Å². The third-order valence-electron chi connectivity index (χ3n) is 4.75. The van der Waals surface area contributed by atoms with Gasteiger partial charge in [0, 0.05) is 6.04 Å². The first-order chi connectivity index (χ1) is 11.0. The van der Waals surface area contributed by atoms with E-state index >= 15 is 0 Å². The molecule has 1 aromatic heterocycles. The van der Waals surface area contributed by atoms with E-state index in [1.54, 1.807) is 6.07 Å². The van der Waals surface area contributed by atoms with Crippen molar-refractivity contribution in [2.24, 2.45) is 11.8 Å². The third-order valence-corrected chi connectivity index (χ3v) is 5.62. The highest BCUT2D eigenvalue weighted by atomic mass is 32.1. The summed E-state index contributed by atoms with van der Waals surface area (Å²) in [5.41, 5.74) is 0. The minimum absolute atomic E-state index is 0.0511. The Morgan fingerprint density at radius 2 is 1.96 bits per heavy atom. The van der Waals surface area contributed by atoms with Crippen LogP contribution in [0.15, 0.2) is 17.5 Å². The molecule has 4 nitrogen and oxygen atoms in total. The largest absolute Gasteiger partial charge is 0.352 e. The highest BCUT2D eigenvalue weighted by Gasteiger charge is 2.28. The molecule has 1 aliphatic rings. The van der Waals surface area contributed by atoms with Gasteiger partial charge in [0.2, 0.25) is 5.91 Å². The van der Waals surface area contributed by atoms with Crippen molar-refractivity contribution in [1.29, 1.82) is 0 Å².